The third-order valence-corrected chi connectivity index (χ3v) is 2.12. The van der Waals surface area contributed by atoms with Gasteiger partial charge in [0.25, 0.3) is 11.6 Å². The van der Waals surface area contributed by atoms with Crippen LogP contribution in [0.15, 0.2) is 0 Å². The molecule has 96 valence electrons. The number of nitrogens with zero attached hydrogens (tertiary/aromatic N) is 5. The minimum Gasteiger partial charge on any atom is -0.464 e. The van der Waals surface area contributed by atoms with E-state index in [0.717, 1.165) is 11.6 Å². The van der Waals surface area contributed by atoms with Gasteiger partial charge in [-0.05, 0) is 6.92 Å². The maximum Gasteiger partial charge on any atom is 0.453 e. The molecule has 2 aromatic rings. The minimum absolute atomic E-state index is 0.0647. The summed E-state index contributed by atoms with van der Waals surface area (Å²) in [6, 6.07) is 0. The molecule has 0 saturated heterocycles. The highest BCUT2D eigenvalue weighted by molar-refractivity contribution is 5.88. The van der Waals surface area contributed by atoms with Crippen LogP contribution in [0.5, 0.6) is 0 Å². The Kier molecular flexibility index (Phi) is 2.64. The fraction of sp³-hybridized carbons (Fsp3) is 0.375. The van der Waals surface area contributed by atoms with Crippen molar-refractivity contribution in [1.29, 1.82) is 0 Å². The van der Waals surface area contributed by atoms with E-state index < -0.39 is 18.0 Å². The normalized spacial score (nSPS) is 11.8. The molecule has 0 spiro atoms. The van der Waals surface area contributed by atoms with E-state index in [1.807, 2.05) is 0 Å². The maximum absolute atomic E-state index is 12.4. The van der Waals surface area contributed by atoms with Crippen molar-refractivity contribution in [3.05, 3.63) is 17.2 Å². The summed E-state index contributed by atoms with van der Waals surface area (Å²) in [5.41, 5.74) is -0.154. The van der Waals surface area contributed by atoms with Crippen molar-refractivity contribution < 1.29 is 22.7 Å². The molecule has 2 rings (SSSR count). The lowest BCUT2D eigenvalue weighted by atomic mass is 10.3. The van der Waals surface area contributed by atoms with E-state index in [0.29, 0.717) is 0 Å². The molecule has 0 atom stereocenters. The fourth-order valence-electron chi connectivity index (χ4n) is 1.27. The van der Waals surface area contributed by atoms with E-state index in [9.17, 15) is 18.0 Å². The molecular formula is C8H6F3N5O2. The molecule has 0 N–H and O–H groups in total. The summed E-state index contributed by atoms with van der Waals surface area (Å²) in [7, 11) is 1.12. The van der Waals surface area contributed by atoms with Gasteiger partial charge >= 0.3 is 12.1 Å². The maximum atomic E-state index is 12.4. The second-order valence-corrected chi connectivity index (χ2v) is 3.27. The Hall–Kier alpha value is -2.26. The Labute approximate surface area is 97.6 Å². The van der Waals surface area contributed by atoms with Gasteiger partial charge in [0.1, 0.15) is 0 Å². The zero-order valence-electron chi connectivity index (χ0n) is 9.19. The number of aryl methyl sites for hydroxylation is 1. The van der Waals surface area contributed by atoms with E-state index in [4.69, 9.17) is 0 Å². The molecule has 0 aliphatic heterocycles. The van der Waals surface area contributed by atoms with E-state index in [-0.39, 0.29) is 17.2 Å². The molecule has 2 aromatic heterocycles. The molecule has 7 nitrogen and oxygen atoms in total. The van der Waals surface area contributed by atoms with Crippen molar-refractivity contribution in [3.63, 3.8) is 0 Å². The first-order valence-corrected chi connectivity index (χ1v) is 4.60. The molecule has 0 saturated carbocycles. The van der Waals surface area contributed by atoms with Gasteiger partial charge in [-0.25, -0.2) is 4.79 Å². The lowest BCUT2D eigenvalue weighted by Crippen LogP contribution is -2.13. The second kappa shape index (κ2) is 3.89. The van der Waals surface area contributed by atoms with Gasteiger partial charge in [-0.2, -0.15) is 22.7 Å². The molecule has 18 heavy (non-hydrogen) atoms. The third-order valence-electron chi connectivity index (χ3n) is 2.12. The number of ether oxygens (including phenoxy) is 1. The number of carbonyl (C=O) groups excluding carboxylic acids is 1. The topological polar surface area (TPSA) is 82.3 Å². The molecule has 10 heteroatoms. The summed E-state index contributed by atoms with van der Waals surface area (Å²) in [4.78, 5) is 14.4. The van der Waals surface area contributed by atoms with Crippen LogP contribution in [0.25, 0.3) is 5.78 Å². The number of esters is 1. The fourth-order valence-corrected chi connectivity index (χ4v) is 1.27. The second-order valence-electron chi connectivity index (χ2n) is 3.27. The van der Waals surface area contributed by atoms with E-state index in [1.54, 1.807) is 0 Å². The third kappa shape index (κ3) is 1.85. The van der Waals surface area contributed by atoms with E-state index >= 15 is 0 Å². The first-order valence-electron chi connectivity index (χ1n) is 4.60. The molecule has 2 heterocycles. The number of carbonyl (C=O) groups is 1. The van der Waals surface area contributed by atoms with Crippen molar-refractivity contribution in [2.45, 2.75) is 13.1 Å². The predicted octanol–water partition coefficient (Wildman–Crippen LogP) is 0.633. The van der Waals surface area contributed by atoms with Gasteiger partial charge < -0.3 is 4.74 Å². The molecule has 0 aromatic carbocycles. The number of methoxy groups -OCH3 is 1. The average molecular weight is 261 g/mol. The van der Waals surface area contributed by atoms with Crippen molar-refractivity contribution in [2.75, 3.05) is 7.11 Å². The van der Waals surface area contributed by atoms with Crippen molar-refractivity contribution in [3.8, 4) is 0 Å². The van der Waals surface area contributed by atoms with Crippen LogP contribution in [-0.4, -0.2) is 37.9 Å². The zero-order chi connectivity index (χ0) is 13.5. The van der Waals surface area contributed by atoms with Gasteiger partial charge in [-0.15, -0.1) is 15.3 Å². The Bertz CT molecular complexity index is 621. The molecule has 0 radical (unpaired) electrons. The number of aromatic nitrogens is 5. The largest absolute Gasteiger partial charge is 0.464 e. The van der Waals surface area contributed by atoms with Crippen LogP contribution in [0.3, 0.4) is 0 Å². The first-order chi connectivity index (χ1) is 8.34. The molecule has 0 bridgehead atoms. The SMILES string of the molecule is COC(=O)c1nnc2nc(C(F)(F)F)nn2c1C. The van der Waals surface area contributed by atoms with E-state index in [1.165, 1.54) is 6.92 Å². The lowest BCUT2D eigenvalue weighted by molar-refractivity contribution is -0.144. The van der Waals surface area contributed by atoms with Crippen LogP contribution in [0.4, 0.5) is 13.2 Å². The number of hydrogen-bond acceptors (Lipinski definition) is 6. The monoisotopic (exact) mass is 261 g/mol. The molecule has 0 aliphatic carbocycles. The Morgan fingerprint density at radius 3 is 2.56 bits per heavy atom. The summed E-state index contributed by atoms with van der Waals surface area (Å²) >= 11 is 0. The summed E-state index contributed by atoms with van der Waals surface area (Å²) < 4.78 is 42.4. The molecule has 0 aliphatic rings. The summed E-state index contributed by atoms with van der Waals surface area (Å²) in [6.07, 6.45) is -4.69. The number of hydrogen-bond donors (Lipinski definition) is 0. The van der Waals surface area contributed by atoms with Crippen LogP contribution in [0, 0.1) is 6.92 Å². The van der Waals surface area contributed by atoms with Gasteiger partial charge in [0.2, 0.25) is 0 Å². The van der Waals surface area contributed by atoms with Crippen LogP contribution in [0.1, 0.15) is 22.0 Å². The van der Waals surface area contributed by atoms with Crippen LogP contribution in [0.2, 0.25) is 0 Å². The summed E-state index contributed by atoms with van der Waals surface area (Å²) in [5.74, 6) is -2.50. The number of alkyl halides is 3. The summed E-state index contributed by atoms with van der Waals surface area (Å²) in [6.45, 7) is 1.36. The molecule has 0 amide bonds. The molecule has 0 unspecified atom stereocenters. The predicted molar refractivity (Wildman–Crippen MR) is 49.7 cm³/mol. The van der Waals surface area contributed by atoms with Gasteiger partial charge in [0, 0.05) is 0 Å². The summed E-state index contributed by atoms with van der Waals surface area (Å²) in [5, 5.41) is 10.1. The number of halogens is 3. The average Bonchev–Trinajstić information content (AvgIpc) is 2.73. The van der Waals surface area contributed by atoms with Gasteiger partial charge in [0.05, 0.1) is 12.8 Å². The van der Waals surface area contributed by atoms with Crippen molar-refractivity contribution in [2.24, 2.45) is 0 Å². The Balaban J connectivity index is 2.64. The van der Waals surface area contributed by atoms with Crippen LogP contribution < -0.4 is 0 Å². The highest BCUT2D eigenvalue weighted by Crippen LogP contribution is 2.26. The Morgan fingerprint density at radius 2 is 2.00 bits per heavy atom. The lowest BCUT2D eigenvalue weighted by Gasteiger charge is -2.02. The van der Waals surface area contributed by atoms with Crippen molar-refractivity contribution in [1.82, 2.24) is 24.8 Å². The van der Waals surface area contributed by atoms with Gasteiger partial charge in [-0.3, -0.25) is 0 Å². The number of fused-ring (bicyclic) bond motifs is 1. The van der Waals surface area contributed by atoms with Gasteiger partial charge in [-0.1, -0.05) is 0 Å². The van der Waals surface area contributed by atoms with E-state index in [2.05, 4.69) is 25.0 Å². The minimum atomic E-state index is -4.69. The Morgan fingerprint density at radius 1 is 1.33 bits per heavy atom. The highest BCUT2D eigenvalue weighted by Gasteiger charge is 2.37. The first kappa shape index (κ1) is 12.2. The highest BCUT2D eigenvalue weighted by atomic mass is 19.4. The molecular weight excluding hydrogens is 255 g/mol. The van der Waals surface area contributed by atoms with Crippen LogP contribution in [-0.2, 0) is 10.9 Å². The number of rotatable bonds is 1. The standard InChI is InChI=1S/C8H6F3N5O2/c1-3-4(5(17)18-2)13-14-7-12-6(8(9,10)11)15-16(3)7/h1-2H3. The van der Waals surface area contributed by atoms with Gasteiger partial charge in [0.15, 0.2) is 5.69 Å². The smallest absolute Gasteiger partial charge is 0.453 e. The molecule has 0 fully saturated rings. The van der Waals surface area contributed by atoms with Crippen molar-refractivity contribution >= 4 is 11.7 Å². The van der Waals surface area contributed by atoms with Crippen LogP contribution >= 0.6 is 0 Å². The zero-order valence-corrected chi connectivity index (χ0v) is 9.19. The quantitative estimate of drug-likeness (QED) is 0.700.